The lowest BCUT2D eigenvalue weighted by Gasteiger charge is -2.23. The van der Waals surface area contributed by atoms with E-state index in [-0.39, 0.29) is 17.5 Å². The number of nitro benzene ring substituents is 1. The van der Waals surface area contributed by atoms with Crippen LogP contribution in [0.3, 0.4) is 0 Å². The van der Waals surface area contributed by atoms with Gasteiger partial charge < -0.3 is 0 Å². The molecule has 1 heterocycles. The van der Waals surface area contributed by atoms with Gasteiger partial charge in [-0.05, 0) is 24.5 Å². The van der Waals surface area contributed by atoms with Crippen molar-refractivity contribution in [1.29, 1.82) is 0 Å². The first-order valence-corrected chi connectivity index (χ1v) is 6.35. The number of non-ortho nitro benzene ring substituents is 1. The highest BCUT2D eigenvalue weighted by Gasteiger charge is 2.22. The molecule has 0 spiro atoms. The number of likely N-dealkylation sites (tertiary alicyclic amines) is 1. The lowest BCUT2D eigenvalue weighted by molar-refractivity contribution is -0.384. The van der Waals surface area contributed by atoms with Crippen molar-refractivity contribution in [2.24, 2.45) is 0 Å². The van der Waals surface area contributed by atoms with E-state index >= 15 is 0 Å². The fourth-order valence-electron chi connectivity index (χ4n) is 2.04. The van der Waals surface area contributed by atoms with Crippen molar-refractivity contribution in [3.05, 3.63) is 46.0 Å². The van der Waals surface area contributed by atoms with Crippen molar-refractivity contribution in [3.8, 4) is 0 Å². The van der Waals surface area contributed by atoms with Crippen LogP contribution in [-0.2, 0) is 9.59 Å². The molecule has 104 valence electrons. The average Bonchev–Trinajstić information content (AvgIpc) is 2.45. The summed E-state index contributed by atoms with van der Waals surface area (Å²) in [5.41, 5.74) is 0.519. The minimum Gasteiger partial charge on any atom is -0.279 e. The predicted molar refractivity (Wildman–Crippen MR) is 72.7 cm³/mol. The number of imide groups is 1. The standard InChI is InChI=1S/C14H14N2O4/c17-13-6-1-2-9-15(13)14(18)8-7-11-4-3-5-12(10-11)16(19)20/h3-5,7-8,10H,1-2,6,9H2. The Bertz CT molecular complexity index is 580. The molecule has 2 rings (SSSR count). The fourth-order valence-corrected chi connectivity index (χ4v) is 2.04. The van der Waals surface area contributed by atoms with E-state index in [2.05, 4.69) is 0 Å². The zero-order chi connectivity index (χ0) is 14.5. The van der Waals surface area contributed by atoms with Crippen LogP contribution in [0.1, 0.15) is 24.8 Å². The number of piperidine rings is 1. The van der Waals surface area contributed by atoms with Crippen molar-refractivity contribution < 1.29 is 14.5 Å². The quantitative estimate of drug-likeness (QED) is 0.480. The largest absolute Gasteiger partial charge is 0.279 e. The van der Waals surface area contributed by atoms with Gasteiger partial charge in [-0.25, -0.2) is 0 Å². The molecule has 1 aromatic rings. The van der Waals surface area contributed by atoms with Crippen LogP contribution in [0.15, 0.2) is 30.3 Å². The van der Waals surface area contributed by atoms with Crippen LogP contribution >= 0.6 is 0 Å². The summed E-state index contributed by atoms with van der Waals surface area (Å²) >= 11 is 0. The predicted octanol–water partition coefficient (Wildman–Crippen LogP) is 2.15. The molecule has 0 unspecified atom stereocenters. The Hall–Kier alpha value is -2.50. The zero-order valence-electron chi connectivity index (χ0n) is 10.8. The molecular formula is C14H14N2O4. The van der Waals surface area contributed by atoms with E-state index in [1.54, 1.807) is 12.1 Å². The molecule has 0 aliphatic carbocycles. The Morgan fingerprint density at radius 2 is 2.15 bits per heavy atom. The van der Waals surface area contributed by atoms with E-state index in [4.69, 9.17) is 0 Å². The lowest BCUT2D eigenvalue weighted by Crippen LogP contribution is -2.39. The van der Waals surface area contributed by atoms with Gasteiger partial charge in [0.05, 0.1) is 4.92 Å². The summed E-state index contributed by atoms with van der Waals surface area (Å²) in [5.74, 6) is -0.536. The zero-order valence-corrected chi connectivity index (χ0v) is 10.8. The third kappa shape index (κ3) is 3.28. The van der Waals surface area contributed by atoms with Gasteiger partial charge in [-0.3, -0.25) is 24.6 Å². The van der Waals surface area contributed by atoms with Gasteiger partial charge in [0, 0.05) is 31.2 Å². The number of nitro groups is 1. The molecule has 1 aromatic carbocycles. The average molecular weight is 274 g/mol. The van der Waals surface area contributed by atoms with Gasteiger partial charge in [-0.1, -0.05) is 12.1 Å². The molecule has 0 aromatic heterocycles. The van der Waals surface area contributed by atoms with Crippen LogP contribution in [0.4, 0.5) is 5.69 Å². The highest BCUT2D eigenvalue weighted by molar-refractivity contribution is 6.03. The first-order valence-electron chi connectivity index (χ1n) is 6.35. The van der Waals surface area contributed by atoms with Gasteiger partial charge in [0.2, 0.25) is 5.91 Å². The van der Waals surface area contributed by atoms with Gasteiger partial charge >= 0.3 is 0 Å². The molecule has 0 atom stereocenters. The van der Waals surface area contributed by atoms with E-state index in [9.17, 15) is 19.7 Å². The summed E-state index contributed by atoms with van der Waals surface area (Å²) in [7, 11) is 0. The van der Waals surface area contributed by atoms with Crippen molar-refractivity contribution in [2.45, 2.75) is 19.3 Å². The topological polar surface area (TPSA) is 80.5 Å². The minimum atomic E-state index is -0.493. The van der Waals surface area contributed by atoms with E-state index in [1.165, 1.54) is 29.2 Å². The lowest BCUT2D eigenvalue weighted by atomic mass is 10.1. The molecule has 1 fully saturated rings. The summed E-state index contributed by atoms with van der Waals surface area (Å²) in [6.07, 6.45) is 4.80. The normalized spacial score (nSPS) is 15.6. The third-order valence-corrected chi connectivity index (χ3v) is 3.09. The number of hydrogen-bond donors (Lipinski definition) is 0. The maximum Gasteiger partial charge on any atom is 0.270 e. The van der Waals surface area contributed by atoms with E-state index < -0.39 is 4.92 Å². The summed E-state index contributed by atoms with van der Waals surface area (Å²) < 4.78 is 0. The summed E-state index contributed by atoms with van der Waals surface area (Å²) in [5, 5.41) is 10.6. The van der Waals surface area contributed by atoms with Crippen LogP contribution in [0, 0.1) is 10.1 Å². The molecule has 20 heavy (non-hydrogen) atoms. The Kier molecular flexibility index (Phi) is 4.24. The molecule has 0 bridgehead atoms. The number of nitrogens with zero attached hydrogens (tertiary/aromatic N) is 2. The molecule has 6 nitrogen and oxygen atoms in total. The molecule has 0 saturated carbocycles. The third-order valence-electron chi connectivity index (χ3n) is 3.09. The Morgan fingerprint density at radius 3 is 2.85 bits per heavy atom. The molecule has 0 N–H and O–H groups in total. The number of benzene rings is 1. The second-order valence-electron chi connectivity index (χ2n) is 4.53. The van der Waals surface area contributed by atoms with Crippen molar-refractivity contribution in [1.82, 2.24) is 4.90 Å². The number of amides is 2. The molecular weight excluding hydrogens is 260 g/mol. The first kappa shape index (κ1) is 13.9. The summed E-state index contributed by atoms with van der Waals surface area (Å²) in [6, 6.07) is 5.97. The molecule has 1 aliphatic heterocycles. The highest BCUT2D eigenvalue weighted by atomic mass is 16.6. The first-order chi connectivity index (χ1) is 9.58. The van der Waals surface area contributed by atoms with Crippen molar-refractivity contribution in [2.75, 3.05) is 6.54 Å². The number of carbonyl (C=O) groups is 2. The molecule has 1 saturated heterocycles. The molecule has 6 heteroatoms. The monoisotopic (exact) mass is 274 g/mol. The number of hydrogen-bond acceptors (Lipinski definition) is 4. The Labute approximate surface area is 115 Å². The van der Waals surface area contributed by atoms with Gasteiger partial charge in [-0.15, -0.1) is 0 Å². The SMILES string of the molecule is O=C(C=Cc1cccc([N+](=O)[O-])c1)N1CCCCC1=O. The molecule has 0 radical (unpaired) electrons. The summed E-state index contributed by atoms with van der Waals surface area (Å²) in [6.45, 7) is 0.441. The van der Waals surface area contributed by atoms with E-state index in [0.29, 0.717) is 18.5 Å². The van der Waals surface area contributed by atoms with Gasteiger partial charge in [0.1, 0.15) is 0 Å². The smallest absolute Gasteiger partial charge is 0.270 e. The fraction of sp³-hybridized carbons (Fsp3) is 0.286. The van der Waals surface area contributed by atoms with Gasteiger partial charge in [-0.2, -0.15) is 0 Å². The maximum absolute atomic E-state index is 11.9. The second-order valence-corrected chi connectivity index (χ2v) is 4.53. The second kappa shape index (κ2) is 6.10. The van der Waals surface area contributed by atoms with Crippen LogP contribution in [0.5, 0.6) is 0 Å². The molecule has 2 amide bonds. The van der Waals surface area contributed by atoms with Crippen LogP contribution in [0.25, 0.3) is 6.08 Å². The number of rotatable bonds is 3. The minimum absolute atomic E-state index is 0.0337. The molecule has 1 aliphatic rings. The number of carbonyl (C=O) groups excluding carboxylic acids is 2. The van der Waals surface area contributed by atoms with Crippen molar-refractivity contribution >= 4 is 23.6 Å². The van der Waals surface area contributed by atoms with E-state index in [0.717, 1.165) is 12.8 Å². The van der Waals surface area contributed by atoms with Crippen LogP contribution < -0.4 is 0 Å². The van der Waals surface area contributed by atoms with Crippen LogP contribution in [0.2, 0.25) is 0 Å². The van der Waals surface area contributed by atoms with E-state index in [1.807, 2.05) is 0 Å². The van der Waals surface area contributed by atoms with Crippen LogP contribution in [-0.4, -0.2) is 28.2 Å². The maximum atomic E-state index is 11.9. The Balaban J connectivity index is 2.08. The van der Waals surface area contributed by atoms with Gasteiger partial charge in [0.15, 0.2) is 0 Å². The Morgan fingerprint density at radius 1 is 1.35 bits per heavy atom. The van der Waals surface area contributed by atoms with Crippen molar-refractivity contribution in [3.63, 3.8) is 0 Å². The van der Waals surface area contributed by atoms with Gasteiger partial charge in [0.25, 0.3) is 11.6 Å². The highest BCUT2D eigenvalue weighted by Crippen LogP contribution is 2.15. The summed E-state index contributed by atoms with van der Waals surface area (Å²) in [4.78, 5) is 34.8.